The van der Waals surface area contributed by atoms with Gasteiger partial charge in [0.15, 0.2) is 0 Å². The molecule has 15 heteroatoms. The second kappa shape index (κ2) is 29.9. The molecular formula is C60H76O15. The zero-order chi connectivity index (χ0) is 54.3. The molecule has 0 atom stereocenters. The van der Waals surface area contributed by atoms with Crippen LogP contribution in [0.2, 0.25) is 0 Å². The molecule has 2 fully saturated rings. The highest BCUT2D eigenvalue weighted by atomic mass is 16.6. The van der Waals surface area contributed by atoms with E-state index in [4.69, 9.17) is 37.9 Å². The Hall–Kier alpha value is -6.77. The molecule has 0 unspecified atom stereocenters. The first-order valence-corrected chi connectivity index (χ1v) is 26.5. The van der Waals surface area contributed by atoms with E-state index >= 15 is 0 Å². The maximum Gasteiger partial charge on any atom is 0.341 e. The van der Waals surface area contributed by atoms with Gasteiger partial charge in [-0.2, -0.15) is 0 Å². The van der Waals surface area contributed by atoms with Crippen molar-refractivity contribution in [1.29, 1.82) is 0 Å². The molecule has 15 nitrogen and oxygen atoms in total. The summed E-state index contributed by atoms with van der Waals surface area (Å²) in [6, 6.07) is 15.4. The lowest BCUT2D eigenvalue weighted by atomic mass is 9.78. The van der Waals surface area contributed by atoms with Crippen LogP contribution in [0.5, 0.6) is 28.7 Å². The van der Waals surface area contributed by atoms with E-state index in [0.29, 0.717) is 89.3 Å². The molecular weight excluding hydrogens is 961 g/mol. The number of carbonyl (C=O) groups excluding carboxylic acids is 7. The van der Waals surface area contributed by atoms with Crippen LogP contribution in [-0.4, -0.2) is 75.1 Å². The van der Waals surface area contributed by atoms with E-state index in [0.717, 1.165) is 86.0 Å². The molecule has 0 radical (unpaired) electrons. The number of esters is 6. The predicted molar refractivity (Wildman–Crippen MR) is 281 cm³/mol. The third-order valence-electron chi connectivity index (χ3n) is 13.7. The first-order chi connectivity index (χ1) is 36.0. The van der Waals surface area contributed by atoms with Crippen LogP contribution in [-0.2, 0) is 54.8 Å². The van der Waals surface area contributed by atoms with Gasteiger partial charge in [-0.1, -0.05) is 46.1 Å². The molecule has 0 N–H and O–H groups in total. The summed E-state index contributed by atoms with van der Waals surface area (Å²) in [6.07, 6.45) is 13.2. The van der Waals surface area contributed by atoms with E-state index in [9.17, 15) is 33.6 Å². The van der Waals surface area contributed by atoms with Crippen LogP contribution in [0, 0.1) is 30.6 Å². The maximum atomic E-state index is 13.6. The number of hydrogen-bond acceptors (Lipinski definition) is 15. The summed E-state index contributed by atoms with van der Waals surface area (Å²) in [5, 5.41) is 0. The van der Waals surface area contributed by atoms with Gasteiger partial charge in [-0.15, -0.1) is 0 Å². The average molecular weight is 1040 g/mol. The second-order valence-electron chi connectivity index (χ2n) is 20.4. The van der Waals surface area contributed by atoms with Gasteiger partial charge in [0.2, 0.25) is 0 Å². The minimum absolute atomic E-state index is 0.0375. The van der Waals surface area contributed by atoms with Crippen molar-refractivity contribution in [2.75, 3.05) is 33.5 Å². The summed E-state index contributed by atoms with van der Waals surface area (Å²) in [5.74, 6) is -2.48. The van der Waals surface area contributed by atoms with Crippen molar-refractivity contribution in [1.82, 2.24) is 0 Å². The number of hydrogen-bond donors (Lipinski definition) is 0. The zero-order valence-corrected chi connectivity index (χ0v) is 44.5. The lowest BCUT2D eigenvalue weighted by Crippen LogP contribution is -2.30. The summed E-state index contributed by atoms with van der Waals surface area (Å²) < 4.78 is 44.3. The fraction of sp³-hybridized carbons (Fsp3) is 0.517. The topological polar surface area (TPSA) is 193 Å². The molecule has 5 rings (SSSR count). The van der Waals surface area contributed by atoms with E-state index in [2.05, 4.69) is 40.0 Å². The number of unbranched alkanes of at least 4 members (excludes halogenated alkanes) is 6. The van der Waals surface area contributed by atoms with Gasteiger partial charge in [0.1, 0.15) is 40.1 Å². The summed E-state index contributed by atoms with van der Waals surface area (Å²) in [7, 11) is 1.20. The van der Waals surface area contributed by atoms with Crippen LogP contribution < -0.4 is 23.7 Å². The molecule has 2 saturated carbocycles. The molecule has 0 amide bonds. The van der Waals surface area contributed by atoms with Crippen molar-refractivity contribution in [2.24, 2.45) is 23.7 Å². The molecule has 2 aliphatic carbocycles. The van der Waals surface area contributed by atoms with E-state index < -0.39 is 47.6 Å². The van der Waals surface area contributed by atoms with Crippen LogP contribution in [0.4, 0.5) is 0 Å². The van der Waals surface area contributed by atoms with Crippen LogP contribution in [0.15, 0.2) is 79.9 Å². The third kappa shape index (κ3) is 19.1. The molecule has 0 aromatic heterocycles. The smallest absolute Gasteiger partial charge is 0.341 e. The summed E-state index contributed by atoms with van der Waals surface area (Å²) in [4.78, 5) is 88.8. The van der Waals surface area contributed by atoms with Gasteiger partial charge in [0.05, 0.1) is 51.3 Å². The monoisotopic (exact) mass is 1040 g/mol. The van der Waals surface area contributed by atoms with Gasteiger partial charge in [-0.25, -0.2) is 14.4 Å². The molecule has 0 bridgehead atoms. The number of ketones is 1. The second-order valence-corrected chi connectivity index (χ2v) is 20.4. The largest absolute Gasteiger partial charge is 0.493 e. The Balaban J connectivity index is 1.03. The number of rotatable bonds is 28. The molecule has 75 heavy (non-hydrogen) atoms. The SMILES string of the molecule is C=CC(=O)OCCCCCCOc1ccc(OC(=O)C2CCC(C(=O)Oc3ccc(OC(=O)C4CCC(C(=O)Cc5ccc(OCCCCCCOC(=O)C=C)c(C(C)(C)C)c5)CC4)cc3C(=O)OC)CC2)cc1C. The highest BCUT2D eigenvalue weighted by Gasteiger charge is 2.34. The average Bonchev–Trinajstić information content (AvgIpc) is 3.40. The number of methoxy groups -OCH3 is 1. The Morgan fingerprint density at radius 1 is 0.533 bits per heavy atom. The number of Topliss-reactive ketones (excluding diaryl/α,β-unsaturated/α-hetero) is 1. The number of benzene rings is 3. The number of carbonyl (C=O) groups is 7. The molecule has 406 valence electrons. The van der Waals surface area contributed by atoms with Gasteiger partial charge < -0.3 is 37.9 Å². The Kier molecular flexibility index (Phi) is 23.6. The minimum Gasteiger partial charge on any atom is -0.493 e. The first kappa shape index (κ1) is 59.1. The maximum absolute atomic E-state index is 13.6. The zero-order valence-electron chi connectivity index (χ0n) is 44.5. The van der Waals surface area contributed by atoms with Gasteiger partial charge in [-0.3, -0.25) is 19.2 Å². The van der Waals surface area contributed by atoms with E-state index in [1.54, 1.807) is 18.2 Å². The van der Waals surface area contributed by atoms with Crippen molar-refractivity contribution >= 4 is 41.6 Å². The van der Waals surface area contributed by atoms with E-state index in [-0.39, 0.29) is 46.6 Å². The van der Waals surface area contributed by atoms with Gasteiger partial charge in [-0.05, 0) is 174 Å². The van der Waals surface area contributed by atoms with Crippen molar-refractivity contribution in [3.8, 4) is 28.7 Å². The Bertz CT molecular complexity index is 2450. The van der Waals surface area contributed by atoms with Crippen LogP contribution >= 0.6 is 0 Å². The molecule has 2 aliphatic rings. The normalized spacial score (nSPS) is 17.3. The fourth-order valence-electron chi connectivity index (χ4n) is 9.27. The van der Waals surface area contributed by atoms with E-state index in [1.165, 1.54) is 25.3 Å². The van der Waals surface area contributed by atoms with Crippen LogP contribution in [0.1, 0.15) is 151 Å². The fourth-order valence-corrected chi connectivity index (χ4v) is 9.27. The quantitative estimate of drug-likeness (QED) is 0.0219. The Morgan fingerprint density at radius 2 is 0.973 bits per heavy atom. The Labute approximate surface area is 442 Å². The summed E-state index contributed by atoms with van der Waals surface area (Å²) in [5.41, 5.74) is 2.48. The van der Waals surface area contributed by atoms with Gasteiger partial charge in [0, 0.05) is 24.5 Å². The third-order valence-corrected chi connectivity index (χ3v) is 13.7. The molecule has 0 aliphatic heterocycles. The Morgan fingerprint density at radius 3 is 1.45 bits per heavy atom. The van der Waals surface area contributed by atoms with Crippen molar-refractivity contribution < 1.29 is 71.5 Å². The van der Waals surface area contributed by atoms with Gasteiger partial charge >= 0.3 is 35.8 Å². The van der Waals surface area contributed by atoms with Crippen LogP contribution in [0.25, 0.3) is 0 Å². The molecule has 0 heterocycles. The van der Waals surface area contributed by atoms with Crippen molar-refractivity contribution in [3.63, 3.8) is 0 Å². The molecule has 0 spiro atoms. The highest BCUT2D eigenvalue weighted by molar-refractivity contribution is 5.94. The number of ether oxygens (including phenoxy) is 8. The minimum atomic E-state index is -0.779. The van der Waals surface area contributed by atoms with Crippen molar-refractivity contribution in [3.05, 3.63) is 102 Å². The van der Waals surface area contributed by atoms with Crippen molar-refractivity contribution in [2.45, 2.75) is 142 Å². The standard InChI is InChI=1S/C60H76O15/c1-8-54(62)71-34-16-12-10-14-32-69-51-30-27-46(36-40(51)3)73-56(64)44-23-25-45(26-24-44)58(66)75-52-31-28-47(39-48(52)59(67)68-7)74-57(65)43-21-19-42(20-22-43)50(61)38-41-18-29-53(49(37-41)60(4,5)6)70-33-15-11-13-17-35-72-55(63)9-2/h8-9,18,27-31,36-37,39,42-45H,1-2,10-17,19-26,32-35,38H2,3-7H3. The summed E-state index contributed by atoms with van der Waals surface area (Å²) in [6.45, 7) is 16.8. The molecule has 0 saturated heterocycles. The van der Waals surface area contributed by atoms with E-state index in [1.807, 2.05) is 19.1 Å². The molecule has 3 aromatic carbocycles. The molecule has 3 aromatic rings. The van der Waals surface area contributed by atoms with Crippen LogP contribution in [0.3, 0.4) is 0 Å². The first-order valence-electron chi connectivity index (χ1n) is 26.5. The number of aryl methyl sites for hydroxylation is 1. The summed E-state index contributed by atoms with van der Waals surface area (Å²) >= 11 is 0. The lowest BCUT2D eigenvalue weighted by molar-refractivity contribution is -0.145. The lowest BCUT2D eigenvalue weighted by Gasteiger charge is -2.27. The predicted octanol–water partition coefficient (Wildman–Crippen LogP) is 11.3. The van der Waals surface area contributed by atoms with Gasteiger partial charge in [0.25, 0.3) is 0 Å². The highest BCUT2D eigenvalue weighted by Crippen LogP contribution is 2.37.